The molecule has 4 heteroatoms. The van der Waals surface area contributed by atoms with Gasteiger partial charge in [-0.05, 0) is 45.7 Å². The second-order valence-electron chi connectivity index (χ2n) is 6.96. The molecule has 0 radical (unpaired) electrons. The molecule has 1 aromatic heterocycles. The van der Waals surface area contributed by atoms with Gasteiger partial charge < -0.3 is 10.2 Å². The predicted octanol–water partition coefficient (Wildman–Crippen LogP) is 4.39. The van der Waals surface area contributed by atoms with Crippen LogP contribution in [0.4, 0.5) is 5.82 Å². The number of nitrogens with zero attached hydrogens (tertiary/aromatic N) is 2. The zero-order chi connectivity index (χ0) is 15.3. The van der Waals surface area contributed by atoms with Crippen LogP contribution in [0, 0.1) is 0 Å². The van der Waals surface area contributed by atoms with Crippen molar-refractivity contribution in [1.29, 1.82) is 0 Å². The summed E-state index contributed by atoms with van der Waals surface area (Å²) in [5, 5.41) is 4.22. The van der Waals surface area contributed by atoms with Gasteiger partial charge in [0.05, 0.1) is 10.7 Å². The van der Waals surface area contributed by atoms with Gasteiger partial charge in [0.25, 0.3) is 0 Å². The van der Waals surface area contributed by atoms with Crippen molar-refractivity contribution in [2.45, 2.75) is 65.0 Å². The third-order valence-electron chi connectivity index (χ3n) is 3.87. The zero-order valence-electron chi connectivity index (χ0n) is 13.6. The molecule has 21 heavy (non-hydrogen) atoms. The van der Waals surface area contributed by atoms with Crippen LogP contribution in [0.25, 0.3) is 0 Å². The lowest BCUT2D eigenvalue weighted by Gasteiger charge is -2.27. The summed E-state index contributed by atoms with van der Waals surface area (Å²) in [7, 11) is 0. The van der Waals surface area contributed by atoms with E-state index in [-0.39, 0.29) is 5.54 Å². The number of rotatable bonds is 3. The van der Waals surface area contributed by atoms with E-state index in [1.165, 1.54) is 32.1 Å². The molecule has 1 fully saturated rings. The van der Waals surface area contributed by atoms with Gasteiger partial charge in [-0.15, -0.1) is 0 Å². The number of halogens is 1. The molecule has 0 aliphatic carbocycles. The minimum Gasteiger partial charge on any atom is -0.357 e. The molecule has 3 nitrogen and oxygen atoms in total. The van der Waals surface area contributed by atoms with E-state index in [1.807, 2.05) is 6.07 Å². The van der Waals surface area contributed by atoms with Gasteiger partial charge >= 0.3 is 0 Å². The molecule has 0 spiro atoms. The topological polar surface area (TPSA) is 28.2 Å². The third kappa shape index (κ3) is 5.48. The monoisotopic (exact) mass is 309 g/mol. The normalized spacial score (nSPS) is 17.4. The van der Waals surface area contributed by atoms with Crippen molar-refractivity contribution >= 4 is 17.4 Å². The van der Waals surface area contributed by atoms with Gasteiger partial charge in [0.2, 0.25) is 0 Å². The van der Waals surface area contributed by atoms with Crippen LogP contribution < -0.4 is 10.2 Å². The fourth-order valence-electron chi connectivity index (χ4n) is 2.60. The van der Waals surface area contributed by atoms with Crippen molar-refractivity contribution in [3.63, 3.8) is 0 Å². The lowest BCUT2D eigenvalue weighted by molar-refractivity contribution is 0.421. The molecular weight excluding hydrogens is 282 g/mol. The molecule has 1 aromatic rings. The SMILES string of the molecule is CC(C)(C)NCc1nc(N2CCCCCCC2)ccc1Cl. The predicted molar refractivity (Wildman–Crippen MR) is 91.1 cm³/mol. The first-order valence-electron chi connectivity index (χ1n) is 8.11. The highest BCUT2D eigenvalue weighted by Gasteiger charge is 2.14. The third-order valence-corrected chi connectivity index (χ3v) is 4.21. The molecule has 118 valence electrons. The molecule has 1 aliphatic heterocycles. The second-order valence-corrected chi connectivity index (χ2v) is 7.36. The molecule has 1 aliphatic rings. The fourth-order valence-corrected chi connectivity index (χ4v) is 2.77. The summed E-state index contributed by atoms with van der Waals surface area (Å²) in [5.74, 6) is 1.08. The minimum absolute atomic E-state index is 0.0710. The van der Waals surface area contributed by atoms with Gasteiger partial charge in [0, 0.05) is 25.2 Å². The van der Waals surface area contributed by atoms with Gasteiger partial charge in [-0.1, -0.05) is 30.9 Å². The number of aromatic nitrogens is 1. The highest BCUT2D eigenvalue weighted by atomic mass is 35.5. The standard InChI is InChI=1S/C17H28ClN3/c1-17(2,3)19-13-15-14(18)9-10-16(20-15)21-11-7-5-4-6-8-12-21/h9-10,19H,4-8,11-13H2,1-3H3. The molecule has 2 rings (SSSR count). The van der Waals surface area contributed by atoms with Crippen LogP contribution in [0.1, 0.15) is 58.6 Å². The Labute approximate surface area is 134 Å². The van der Waals surface area contributed by atoms with E-state index in [0.717, 1.165) is 29.6 Å². The van der Waals surface area contributed by atoms with E-state index >= 15 is 0 Å². The van der Waals surface area contributed by atoms with Gasteiger partial charge in [0.15, 0.2) is 0 Å². The Morgan fingerprint density at radius 2 is 1.71 bits per heavy atom. The molecule has 0 atom stereocenters. The Balaban J connectivity index is 2.09. The maximum atomic E-state index is 6.30. The summed E-state index contributed by atoms with van der Waals surface area (Å²) in [6, 6.07) is 4.05. The molecule has 0 saturated carbocycles. The lowest BCUT2D eigenvalue weighted by Crippen LogP contribution is -2.35. The summed E-state index contributed by atoms with van der Waals surface area (Å²) in [6.07, 6.45) is 6.58. The summed E-state index contributed by atoms with van der Waals surface area (Å²) in [6.45, 7) is 9.40. The quantitative estimate of drug-likeness (QED) is 0.897. The molecule has 0 amide bonds. The van der Waals surface area contributed by atoms with Crippen molar-refractivity contribution < 1.29 is 0 Å². The molecule has 2 heterocycles. The average molecular weight is 310 g/mol. The number of pyridine rings is 1. The molecular formula is C17H28ClN3. The Morgan fingerprint density at radius 3 is 2.33 bits per heavy atom. The van der Waals surface area contributed by atoms with Gasteiger partial charge in [-0.2, -0.15) is 0 Å². The average Bonchev–Trinajstić information content (AvgIpc) is 2.37. The van der Waals surface area contributed by atoms with Crippen LogP contribution >= 0.6 is 11.6 Å². The van der Waals surface area contributed by atoms with Crippen LogP contribution in [0.5, 0.6) is 0 Å². The van der Waals surface area contributed by atoms with Gasteiger partial charge in [-0.25, -0.2) is 4.98 Å². The molecule has 1 saturated heterocycles. The largest absolute Gasteiger partial charge is 0.357 e. The van der Waals surface area contributed by atoms with E-state index in [1.54, 1.807) is 0 Å². The zero-order valence-corrected chi connectivity index (χ0v) is 14.3. The summed E-state index contributed by atoms with van der Waals surface area (Å²) in [5.41, 5.74) is 1.02. The molecule has 0 bridgehead atoms. The summed E-state index contributed by atoms with van der Waals surface area (Å²) >= 11 is 6.30. The van der Waals surface area contributed by atoms with E-state index in [2.05, 4.69) is 37.1 Å². The van der Waals surface area contributed by atoms with Gasteiger partial charge in [-0.3, -0.25) is 0 Å². The maximum Gasteiger partial charge on any atom is 0.128 e. The van der Waals surface area contributed by atoms with Crippen molar-refractivity contribution in [3.8, 4) is 0 Å². The first-order chi connectivity index (χ1) is 9.96. The van der Waals surface area contributed by atoms with Crippen LogP contribution in [0.15, 0.2) is 12.1 Å². The summed E-state index contributed by atoms with van der Waals surface area (Å²) < 4.78 is 0. The first kappa shape index (κ1) is 16.6. The molecule has 0 aromatic carbocycles. The molecule has 1 N–H and O–H groups in total. The Kier molecular flexibility index (Phi) is 5.88. The van der Waals surface area contributed by atoms with Crippen molar-refractivity contribution in [3.05, 3.63) is 22.8 Å². The van der Waals surface area contributed by atoms with Crippen molar-refractivity contribution in [2.24, 2.45) is 0 Å². The second kappa shape index (κ2) is 7.46. The highest BCUT2D eigenvalue weighted by molar-refractivity contribution is 6.31. The minimum atomic E-state index is 0.0710. The van der Waals surface area contributed by atoms with Crippen LogP contribution in [-0.4, -0.2) is 23.6 Å². The highest BCUT2D eigenvalue weighted by Crippen LogP contribution is 2.22. The van der Waals surface area contributed by atoms with E-state index in [9.17, 15) is 0 Å². The molecule has 0 unspecified atom stereocenters. The fraction of sp³-hybridized carbons (Fsp3) is 0.706. The number of anilines is 1. The van der Waals surface area contributed by atoms with Crippen molar-refractivity contribution in [1.82, 2.24) is 10.3 Å². The Hall–Kier alpha value is -0.800. The number of hydrogen-bond acceptors (Lipinski definition) is 3. The van der Waals surface area contributed by atoms with E-state index < -0.39 is 0 Å². The first-order valence-corrected chi connectivity index (χ1v) is 8.49. The Morgan fingerprint density at radius 1 is 1.10 bits per heavy atom. The van der Waals surface area contributed by atoms with Gasteiger partial charge in [0.1, 0.15) is 5.82 Å². The van der Waals surface area contributed by atoms with Crippen LogP contribution in [0.2, 0.25) is 5.02 Å². The van der Waals surface area contributed by atoms with Crippen LogP contribution in [-0.2, 0) is 6.54 Å². The maximum absolute atomic E-state index is 6.30. The van der Waals surface area contributed by atoms with E-state index in [4.69, 9.17) is 16.6 Å². The number of nitrogens with one attached hydrogen (secondary N) is 1. The smallest absolute Gasteiger partial charge is 0.128 e. The number of hydrogen-bond donors (Lipinski definition) is 1. The Bertz CT molecular complexity index is 446. The lowest BCUT2D eigenvalue weighted by atomic mass is 10.1. The van der Waals surface area contributed by atoms with E-state index in [0.29, 0.717) is 6.54 Å². The summed E-state index contributed by atoms with van der Waals surface area (Å²) in [4.78, 5) is 7.22. The van der Waals surface area contributed by atoms with Crippen molar-refractivity contribution in [2.75, 3.05) is 18.0 Å². The van der Waals surface area contributed by atoms with Crippen LogP contribution in [0.3, 0.4) is 0 Å².